The number of Topliss-reactive ketones (excluding diaryl/α,β-unsaturated/α-hetero) is 1. The Kier molecular flexibility index (Phi) is 12.3. The standard InChI is InChI=1S/C25H42O4/c1-10-15(3)23(27)18(6)13-19(7)25(29)21(9)14-20(8)24(28)17(5)12-16(4)22(26)11-2/h10,12-14,17-18,21,23-25,27-29H,11H2,1-9H3/b15-10+,16-12+,19-13+,20-14+/t17-,18-,21-,23+,24-,25+/m0/s1. The molecule has 0 aromatic rings. The lowest BCUT2D eigenvalue weighted by molar-refractivity contribution is -0.115. The Morgan fingerprint density at radius 1 is 0.724 bits per heavy atom. The zero-order valence-electron chi connectivity index (χ0n) is 19.7. The molecule has 0 aromatic heterocycles. The van der Waals surface area contributed by atoms with Crippen LogP contribution < -0.4 is 0 Å². The summed E-state index contributed by atoms with van der Waals surface area (Å²) in [6.07, 6.45) is 5.96. The maximum absolute atomic E-state index is 11.8. The Bertz CT molecular complexity index is 654. The van der Waals surface area contributed by atoms with E-state index in [0.29, 0.717) is 12.0 Å². The van der Waals surface area contributed by atoms with Gasteiger partial charge in [-0.2, -0.15) is 0 Å². The third-order valence-corrected chi connectivity index (χ3v) is 5.67. The highest BCUT2D eigenvalue weighted by Crippen LogP contribution is 2.23. The van der Waals surface area contributed by atoms with Crippen LogP contribution in [-0.2, 0) is 4.79 Å². The Labute approximate surface area is 177 Å². The molecule has 0 bridgehead atoms. The van der Waals surface area contributed by atoms with Crippen molar-refractivity contribution in [3.05, 3.63) is 46.6 Å². The van der Waals surface area contributed by atoms with Gasteiger partial charge in [0.15, 0.2) is 5.78 Å². The highest BCUT2D eigenvalue weighted by Gasteiger charge is 2.21. The van der Waals surface area contributed by atoms with Gasteiger partial charge in [0.25, 0.3) is 0 Å². The summed E-state index contributed by atoms with van der Waals surface area (Å²) in [5.41, 5.74) is 3.14. The summed E-state index contributed by atoms with van der Waals surface area (Å²) in [5.74, 6) is -0.406. The van der Waals surface area contributed by atoms with Gasteiger partial charge in [0.1, 0.15) is 0 Å². The second kappa shape index (κ2) is 12.9. The van der Waals surface area contributed by atoms with Gasteiger partial charge in [0.05, 0.1) is 18.3 Å². The summed E-state index contributed by atoms with van der Waals surface area (Å²) in [4.78, 5) is 11.8. The summed E-state index contributed by atoms with van der Waals surface area (Å²) < 4.78 is 0. The van der Waals surface area contributed by atoms with Gasteiger partial charge in [-0.05, 0) is 56.9 Å². The fourth-order valence-corrected chi connectivity index (χ4v) is 3.48. The topological polar surface area (TPSA) is 77.8 Å². The van der Waals surface area contributed by atoms with Crippen LogP contribution in [0.3, 0.4) is 0 Å². The van der Waals surface area contributed by atoms with Crippen molar-refractivity contribution < 1.29 is 20.1 Å². The molecule has 0 saturated heterocycles. The minimum Gasteiger partial charge on any atom is -0.388 e. The van der Waals surface area contributed by atoms with Gasteiger partial charge in [-0.15, -0.1) is 0 Å². The van der Waals surface area contributed by atoms with Crippen LogP contribution in [0.5, 0.6) is 0 Å². The first-order valence-electron chi connectivity index (χ1n) is 10.6. The van der Waals surface area contributed by atoms with E-state index >= 15 is 0 Å². The molecule has 29 heavy (non-hydrogen) atoms. The molecule has 4 heteroatoms. The van der Waals surface area contributed by atoms with Crippen molar-refractivity contribution in [1.29, 1.82) is 0 Å². The fourth-order valence-electron chi connectivity index (χ4n) is 3.48. The van der Waals surface area contributed by atoms with Gasteiger partial charge >= 0.3 is 0 Å². The molecular formula is C25H42O4. The second-order valence-electron chi connectivity index (χ2n) is 8.39. The molecule has 166 valence electrons. The summed E-state index contributed by atoms with van der Waals surface area (Å²) in [5, 5.41) is 31.6. The van der Waals surface area contributed by atoms with Crippen LogP contribution in [0, 0.1) is 17.8 Å². The highest BCUT2D eigenvalue weighted by atomic mass is 16.3. The SMILES string of the molecule is C/C=C(\C)[C@@H](O)[C@@H](C)/C=C(\C)[C@@H](O)[C@@H](C)/C=C(\C)[C@@H](O)[C@@H](C)/C=C(\C)C(=O)CC. The van der Waals surface area contributed by atoms with Crippen LogP contribution in [0.15, 0.2) is 46.6 Å². The maximum Gasteiger partial charge on any atom is 0.157 e. The zero-order chi connectivity index (χ0) is 22.9. The normalized spacial score (nSPS) is 20.7. The Morgan fingerprint density at radius 2 is 1.07 bits per heavy atom. The molecule has 0 unspecified atom stereocenters. The average Bonchev–Trinajstić information content (AvgIpc) is 2.69. The van der Waals surface area contributed by atoms with E-state index in [2.05, 4.69) is 0 Å². The molecular weight excluding hydrogens is 364 g/mol. The predicted octanol–water partition coefficient (Wildman–Crippen LogP) is 4.76. The van der Waals surface area contributed by atoms with E-state index in [1.165, 1.54) is 0 Å². The Morgan fingerprint density at radius 3 is 1.41 bits per heavy atom. The summed E-state index contributed by atoms with van der Waals surface area (Å²) in [7, 11) is 0. The van der Waals surface area contributed by atoms with Crippen molar-refractivity contribution in [2.75, 3.05) is 0 Å². The van der Waals surface area contributed by atoms with E-state index in [-0.39, 0.29) is 23.5 Å². The van der Waals surface area contributed by atoms with E-state index in [0.717, 1.165) is 16.7 Å². The summed E-state index contributed by atoms with van der Waals surface area (Å²) >= 11 is 0. The van der Waals surface area contributed by atoms with Crippen molar-refractivity contribution in [3.8, 4) is 0 Å². The van der Waals surface area contributed by atoms with Gasteiger partial charge in [0.2, 0.25) is 0 Å². The van der Waals surface area contributed by atoms with Crippen LogP contribution in [0.2, 0.25) is 0 Å². The van der Waals surface area contributed by atoms with Gasteiger partial charge in [-0.25, -0.2) is 0 Å². The number of rotatable bonds is 11. The molecule has 0 fully saturated rings. The zero-order valence-corrected chi connectivity index (χ0v) is 19.7. The lowest BCUT2D eigenvalue weighted by atomic mass is 9.88. The van der Waals surface area contributed by atoms with E-state index in [1.54, 1.807) is 6.92 Å². The van der Waals surface area contributed by atoms with Crippen LogP contribution >= 0.6 is 0 Å². The van der Waals surface area contributed by atoms with Crippen LogP contribution in [0.25, 0.3) is 0 Å². The lowest BCUT2D eigenvalue weighted by Gasteiger charge is -2.23. The van der Waals surface area contributed by atoms with Crippen molar-refractivity contribution >= 4 is 5.78 Å². The number of ketones is 1. The monoisotopic (exact) mass is 406 g/mol. The van der Waals surface area contributed by atoms with Crippen LogP contribution in [0.1, 0.15) is 68.7 Å². The highest BCUT2D eigenvalue weighted by molar-refractivity contribution is 5.94. The molecule has 0 aliphatic carbocycles. The molecule has 0 aliphatic rings. The van der Waals surface area contributed by atoms with Crippen LogP contribution in [0.4, 0.5) is 0 Å². The van der Waals surface area contributed by atoms with Crippen molar-refractivity contribution in [2.24, 2.45) is 17.8 Å². The third-order valence-electron chi connectivity index (χ3n) is 5.67. The fraction of sp³-hybridized carbons (Fsp3) is 0.640. The maximum atomic E-state index is 11.8. The molecule has 0 rings (SSSR count). The molecule has 4 nitrogen and oxygen atoms in total. The molecule has 3 N–H and O–H groups in total. The minimum atomic E-state index is -0.716. The molecule has 0 aliphatic heterocycles. The molecule has 0 spiro atoms. The van der Waals surface area contributed by atoms with Crippen LogP contribution in [-0.4, -0.2) is 39.4 Å². The minimum absolute atomic E-state index is 0.0831. The molecule has 0 saturated carbocycles. The number of hydrogen-bond donors (Lipinski definition) is 3. The largest absolute Gasteiger partial charge is 0.388 e. The smallest absolute Gasteiger partial charge is 0.157 e. The molecule has 0 aromatic carbocycles. The quantitative estimate of drug-likeness (QED) is 0.341. The van der Waals surface area contributed by atoms with Gasteiger partial charge in [-0.1, -0.05) is 52.0 Å². The van der Waals surface area contributed by atoms with Gasteiger partial charge in [-0.3, -0.25) is 4.79 Å². The first kappa shape index (κ1) is 27.5. The second-order valence-corrected chi connectivity index (χ2v) is 8.39. The lowest BCUT2D eigenvalue weighted by Crippen LogP contribution is -2.23. The van der Waals surface area contributed by atoms with Gasteiger partial charge < -0.3 is 15.3 Å². The molecule has 0 amide bonds. The number of carbonyl (C=O) groups excluding carboxylic acids is 1. The number of aliphatic hydroxyl groups excluding tert-OH is 3. The van der Waals surface area contributed by atoms with E-state index < -0.39 is 18.3 Å². The number of carbonyl (C=O) groups is 1. The van der Waals surface area contributed by atoms with E-state index in [9.17, 15) is 20.1 Å². The van der Waals surface area contributed by atoms with Crippen molar-refractivity contribution in [2.45, 2.75) is 87.0 Å². The Hall–Kier alpha value is -1.49. The van der Waals surface area contributed by atoms with E-state index in [4.69, 9.17) is 0 Å². The molecule has 0 heterocycles. The first-order valence-corrected chi connectivity index (χ1v) is 10.6. The third kappa shape index (κ3) is 8.81. The summed E-state index contributed by atoms with van der Waals surface area (Å²) in [6, 6.07) is 0. The molecule has 0 radical (unpaired) electrons. The molecule has 6 atom stereocenters. The van der Waals surface area contributed by atoms with E-state index in [1.807, 2.05) is 79.7 Å². The number of allylic oxidation sites excluding steroid dienone is 2. The first-order chi connectivity index (χ1) is 13.4. The number of hydrogen-bond acceptors (Lipinski definition) is 4. The van der Waals surface area contributed by atoms with Crippen molar-refractivity contribution in [3.63, 3.8) is 0 Å². The summed E-state index contributed by atoms with van der Waals surface area (Å²) in [6.45, 7) is 16.8. The van der Waals surface area contributed by atoms with Gasteiger partial charge in [0, 0.05) is 24.2 Å². The average molecular weight is 407 g/mol. The van der Waals surface area contributed by atoms with Crippen molar-refractivity contribution in [1.82, 2.24) is 0 Å². The number of aliphatic hydroxyl groups is 3. The predicted molar refractivity (Wildman–Crippen MR) is 122 cm³/mol. The Balaban J connectivity index is 5.26.